The van der Waals surface area contributed by atoms with Gasteiger partial charge in [0.15, 0.2) is 5.11 Å². The molecule has 1 saturated heterocycles. The van der Waals surface area contributed by atoms with Crippen LogP contribution in [0.1, 0.15) is 16.7 Å². The molecule has 0 unspecified atom stereocenters. The third-order valence-electron chi connectivity index (χ3n) is 4.23. The number of carbonyl (C=O) groups is 2. The number of hydrogen-bond donors (Lipinski definition) is 1. The summed E-state index contributed by atoms with van der Waals surface area (Å²) in [7, 11) is 1.61. The van der Waals surface area contributed by atoms with Gasteiger partial charge < -0.3 is 4.74 Å². The summed E-state index contributed by atoms with van der Waals surface area (Å²) in [6.07, 6.45) is 4.98. The molecule has 2 aromatic rings. The minimum Gasteiger partial charge on any atom is -0.497 e. The van der Waals surface area contributed by atoms with Crippen molar-refractivity contribution in [2.75, 3.05) is 12.0 Å². The summed E-state index contributed by atoms with van der Waals surface area (Å²) in [6, 6.07) is 13.2. The summed E-state index contributed by atoms with van der Waals surface area (Å²) in [5.41, 5.74) is 3.60. The number of carbonyl (C=O) groups excluding carboxylic acids is 2. The summed E-state index contributed by atoms with van der Waals surface area (Å²) in [6.45, 7) is 3.89. The van der Waals surface area contributed by atoms with Gasteiger partial charge in [0.1, 0.15) is 11.3 Å². The van der Waals surface area contributed by atoms with Crippen LogP contribution in [0, 0.1) is 13.8 Å². The van der Waals surface area contributed by atoms with Crippen LogP contribution in [-0.2, 0) is 9.59 Å². The summed E-state index contributed by atoms with van der Waals surface area (Å²) in [5.74, 6) is -0.192. The largest absolute Gasteiger partial charge is 0.497 e. The Morgan fingerprint density at radius 3 is 2.29 bits per heavy atom. The topological polar surface area (TPSA) is 58.6 Å². The van der Waals surface area contributed by atoms with Crippen molar-refractivity contribution in [1.82, 2.24) is 5.32 Å². The number of methoxy groups -OCH3 is 1. The fourth-order valence-corrected chi connectivity index (χ4v) is 3.24. The molecule has 0 bridgehead atoms. The van der Waals surface area contributed by atoms with Crippen LogP contribution in [-0.4, -0.2) is 24.0 Å². The van der Waals surface area contributed by atoms with Crippen LogP contribution in [0.15, 0.2) is 60.2 Å². The molecule has 0 radical (unpaired) electrons. The van der Waals surface area contributed by atoms with Gasteiger partial charge >= 0.3 is 0 Å². The van der Waals surface area contributed by atoms with Gasteiger partial charge in [0, 0.05) is 0 Å². The molecule has 1 heterocycles. The number of ether oxygens (including phenoxy) is 1. The van der Waals surface area contributed by atoms with Crippen LogP contribution >= 0.6 is 12.2 Å². The lowest BCUT2D eigenvalue weighted by molar-refractivity contribution is -0.122. The Labute approximate surface area is 169 Å². The number of rotatable bonds is 4. The second-order valence-corrected chi connectivity index (χ2v) is 6.85. The van der Waals surface area contributed by atoms with E-state index in [0.717, 1.165) is 22.4 Å². The molecule has 28 heavy (non-hydrogen) atoms. The van der Waals surface area contributed by atoms with Gasteiger partial charge in [-0.1, -0.05) is 30.4 Å². The maximum atomic E-state index is 13.0. The summed E-state index contributed by atoms with van der Waals surface area (Å²) < 4.78 is 5.13. The van der Waals surface area contributed by atoms with Crippen LogP contribution in [0.25, 0.3) is 6.08 Å². The van der Waals surface area contributed by atoms with Crippen molar-refractivity contribution >= 4 is 40.9 Å². The Morgan fingerprint density at radius 2 is 1.68 bits per heavy atom. The highest BCUT2D eigenvalue weighted by Crippen LogP contribution is 2.23. The predicted octanol–water partition coefficient (Wildman–Crippen LogP) is 3.70. The third kappa shape index (κ3) is 4.18. The van der Waals surface area contributed by atoms with Crippen molar-refractivity contribution < 1.29 is 14.3 Å². The molecular formula is C22H20N2O3S. The molecule has 0 aromatic heterocycles. The first-order valence-corrected chi connectivity index (χ1v) is 9.10. The van der Waals surface area contributed by atoms with E-state index in [0.29, 0.717) is 5.69 Å². The van der Waals surface area contributed by atoms with Gasteiger partial charge in [-0.2, -0.15) is 0 Å². The van der Waals surface area contributed by atoms with Gasteiger partial charge in [0.25, 0.3) is 11.8 Å². The van der Waals surface area contributed by atoms with Crippen molar-refractivity contribution in [1.29, 1.82) is 0 Å². The maximum Gasteiger partial charge on any atom is 0.270 e. The van der Waals surface area contributed by atoms with E-state index in [2.05, 4.69) is 5.32 Å². The first kappa shape index (κ1) is 19.5. The molecule has 2 aromatic carbocycles. The van der Waals surface area contributed by atoms with E-state index in [9.17, 15) is 9.59 Å². The number of thiocarbonyl (C=S) groups is 1. The Hall–Kier alpha value is -3.25. The van der Waals surface area contributed by atoms with E-state index in [1.807, 2.05) is 56.3 Å². The van der Waals surface area contributed by atoms with Crippen LogP contribution in [0.5, 0.6) is 5.75 Å². The van der Waals surface area contributed by atoms with E-state index in [1.165, 1.54) is 11.0 Å². The van der Waals surface area contributed by atoms with Gasteiger partial charge in [-0.15, -0.1) is 0 Å². The van der Waals surface area contributed by atoms with Crippen molar-refractivity contribution in [2.45, 2.75) is 13.8 Å². The van der Waals surface area contributed by atoms with Crippen LogP contribution in [0.3, 0.4) is 0 Å². The Kier molecular flexibility index (Phi) is 5.70. The zero-order valence-electron chi connectivity index (χ0n) is 15.9. The number of nitrogens with zero attached hydrogens (tertiary/aromatic N) is 1. The summed E-state index contributed by atoms with van der Waals surface area (Å²) in [5, 5.41) is 2.67. The molecule has 1 aliphatic heterocycles. The zero-order chi connectivity index (χ0) is 20.3. The lowest BCUT2D eigenvalue weighted by atomic mass is 10.1. The van der Waals surface area contributed by atoms with Gasteiger partial charge in [-0.05, 0) is 73.1 Å². The molecule has 0 spiro atoms. The number of aryl methyl sites for hydroxylation is 2. The van der Waals surface area contributed by atoms with Gasteiger partial charge in [-0.25, -0.2) is 0 Å². The molecule has 142 valence electrons. The monoisotopic (exact) mass is 392 g/mol. The number of hydrogen-bond acceptors (Lipinski definition) is 4. The van der Waals surface area contributed by atoms with E-state index < -0.39 is 11.8 Å². The third-order valence-corrected chi connectivity index (χ3v) is 4.52. The number of allylic oxidation sites excluding steroid dienone is 2. The molecule has 0 saturated carbocycles. The average molecular weight is 392 g/mol. The first-order valence-electron chi connectivity index (χ1n) is 8.69. The second-order valence-electron chi connectivity index (χ2n) is 6.46. The first-order chi connectivity index (χ1) is 13.4. The lowest BCUT2D eigenvalue weighted by Crippen LogP contribution is -2.54. The summed E-state index contributed by atoms with van der Waals surface area (Å²) >= 11 is 5.23. The minimum absolute atomic E-state index is 0.0255. The second kappa shape index (κ2) is 8.19. The van der Waals surface area contributed by atoms with Crippen molar-refractivity contribution in [3.05, 3.63) is 76.9 Å². The Balaban J connectivity index is 1.88. The maximum absolute atomic E-state index is 13.0. The standard InChI is InChI=1S/C22H20N2O3S/c1-14-11-15(2)13-17(12-14)24-21(26)19(20(25)23-22(24)28)6-4-5-16-7-9-18(27-3)10-8-16/h4-13H,1-3H3,(H,23,25,28). The van der Waals surface area contributed by atoms with Crippen molar-refractivity contribution in [3.8, 4) is 5.75 Å². The van der Waals surface area contributed by atoms with Crippen LogP contribution in [0.4, 0.5) is 5.69 Å². The quantitative estimate of drug-likeness (QED) is 0.490. The highest BCUT2D eigenvalue weighted by Gasteiger charge is 2.34. The number of amides is 2. The van der Waals surface area contributed by atoms with E-state index in [4.69, 9.17) is 17.0 Å². The predicted molar refractivity (Wildman–Crippen MR) is 114 cm³/mol. The SMILES string of the molecule is COc1ccc(C=CC=C2C(=O)NC(=S)N(c3cc(C)cc(C)c3)C2=O)cc1. The molecule has 1 N–H and O–H groups in total. The van der Waals surface area contributed by atoms with Crippen molar-refractivity contribution in [2.24, 2.45) is 0 Å². The molecule has 0 atom stereocenters. The van der Waals surface area contributed by atoms with Gasteiger partial charge in [0.05, 0.1) is 12.8 Å². The number of nitrogens with one attached hydrogen (secondary N) is 1. The van der Waals surface area contributed by atoms with Gasteiger partial charge in [0.2, 0.25) is 0 Å². The van der Waals surface area contributed by atoms with Crippen molar-refractivity contribution in [3.63, 3.8) is 0 Å². The van der Waals surface area contributed by atoms with E-state index in [-0.39, 0.29) is 10.7 Å². The van der Waals surface area contributed by atoms with E-state index in [1.54, 1.807) is 19.3 Å². The normalized spacial score (nSPS) is 16.0. The molecule has 0 aliphatic carbocycles. The Morgan fingerprint density at radius 1 is 1.04 bits per heavy atom. The fraction of sp³-hybridized carbons (Fsp3) is 0.136. The fourth-order valence-electron chi connectivity index (χ4n) is 2.96. The van der Waals surface area contributed by atoms with Crippen LogP contribution in [0.2, 0.25) is 0 Å². The highest BCUT2D eigenvalue weighted by atomic mass is 32.1. The molecule has 5 nitrogen and oxygen atoms in total. The van der Waals surface area contributed by atoms with Crippen LogP contribution < -0.4 is 15.0 Å². The molecule has 3 rings (SSSR count). The number of anilines is 1. The lowest BCUT2D eigenvalue weighted by Gasteiger charge is -2.29. The Bertz CT molecular complexity index is 987. The molecular weight excluding hydrogens is 372 g/mol. The zero-order valence-corrected chi connectivity index (χ0v) is 16.7. The smallest absolute Gasteiger partial charge is 0.270 e. The highest BCUT2D eigenvalue weighted by molar-refractivity contribution is 7.80. The average Bonchev–Trinajstić information content (AvgIpc) is 2.64. The van der Waals surface area contributed by atoms with E-state index >= 15 is 0 Å². The molecule has 1 fully saturated rings. The summed E-state index contributed by atoms with van der Waals surface area (Å²) in [4.78, 5) is 26.6. The minimum atomic E-state index is -0.505. The number of benzene rings is 2. The molecule has 6 heteroatoms. The molecule has 2 amide bonds. The van der Waals surface area contributed by atoms with Gasteiger partial charge in [-0.3, -0.25) is 19.8 Å². The molecule has 1 aliphatic rings.